The van der Waals surface area contributed by atoms with Gasteiger partial charge in [-0.3, -0.25) is 0 Å². The van der Waals surface area contributed by atoms with E-state index in [1.54, 1.807) is 11.3 Å². The molecule has 0 aliphatic rings. The summed E-state index contributed by atoms with van der Waals surface area (Å²) >= 11 is 8.93. The van der Waals surface area contributed by atoms with Gasteiger partial charge in [-0.2, -0.15) is 0 Å². The van der Waals surface area contributed by atoms with E-state index in [2.05, 4.69) is 4.98 Å². The van der Waals surface area contributed by atoms with Gasteiger partial charge in [0.2, 0.25) is 0 Å². The van der Waals surface area contributed by atoms with E-state index in [4.69, 9.17) is 17.3 Å². The summed E-state index contributed by atoms with van der Waals surface area (Å²) in [6.07, 6.45) is 2.69. The molecule has 0 spiro atoms. The second-order valence-corrected chi connectivity index (χ2v) is 5.49. The molecule has 0 atom stereocenters. The summed E-state index contributed by atoms with van der Waals surface area (Å²) < 4.78 is 0.826. The lowest BCUT2D eigenvalue weighted by atomic mass is 10.3. The van der Waals surface area contributed by atoms with Crippen LogP contribution < -0.4 is 5.73 Å². The van der Waals surface area contributed by atoms with E-state index in [1.165, 1.54) is 21.1 Å². The molecule has 2 aromatic heterocycles. The number of anilines is 1. The van der Waals surface area contributed by atoms with E-state index in [0.29, 0.717) is 5.13 Å². The van der Waals surface area contributed by atoms with E-state index >= 15 is 0 Å². The largest absolute Gasteiger partial charge is 0.375 e. The predicted octanol–water partition coefficient (Wildman–Crippen LogP) is 3.03. The number of nitrogens with two attached hydrogens (primary N) is 1. The van der Waals surface area contributed by atoms with Gasteiger partial charge in [-0.05, 0) is 12.1 Å². The molecule has 0 radical (unpaired) electrons. The Balaban J connectivity index is 2.14. The summed E-state index contributed by atoms with van der Waals surface area (Å²) in [4.78, 5) is 6.41. The molecule has 0 unspecified atom stereocenters. The lowest BCUT2D eigenvalue weighted by Gasteiger charge is -1.89. The van der Waals surface area contributed by atoms with Gasteiger partial charge in [0.05, 0.1) is 4.34 Å². The number of halogens is 1. The second-order valence-electron chi connectivity index (χ2n) is 2.55. The van der Waals surface area contributed by atoms with E-state index < -0.39 is 0 Å². The van der Waals surface area contributed by atoms with Crippen LogP contribution in [0.3, 0.4) is 0 Å². The van der Waals surface area contributed by atoms with Gasteiger partial charge in [0.15, 0.2) is 5.13 Å². The molecule has 0 bridgehead atoms. The zero-order valence-electron chi connectivity index (χ0n) is 6.66. The van der Waals surface area contributed by atoms with E-state index in [1.807, 2.05) is 18.3 Å². The van der Waals surface area contributed by atoms with Crippen molar-refractivity contribution in [1.82, 2.24) is 4.98 Å². The van der Waals surface area contributed by atoms with Crippen molar-refractivity contribution in [3.63, 3.8) is 0 Å². The van der Waals surface area contributed by atoms with Crippen molar-refractivity contribution in [3.05, 3.63) is 32.4 Å². The Bertz CT molecular complexity index is 369. The first-order chi connectivity index (χ1) is 6.24. The fourth-order valence-corrected chi connectivity index (χ4v) is 2.93. The third kappa shape index (κ3) is 2.21. The van der Waals surface area contributed by atoms with Crippen molar-refractivity contribution in [2.45, 2.75) is 6.42 Å². The molecule has 68 valence electrons. The van der Waals surface area contributed by atoms with Gasteiger partial charge in [-0.15, -0.1) is 22.7 Å². The Morgan fingerprint density at radius 3 is 2.69 bits per heavy atom. The minimum absolute atomic E-state index is 0.623. The molecule has 0 aliphatic heterocycles. The third-order valence-electron chi connectivity index (χ3n) is 1.55. The highest BCUT2D eigenvalue weighted by atomic mass is 35.5. The first-order valence-corrected chi connectivity index (χ1v) is 5.69. The van der Waals surface area contributed by atoms with Crippen LogP contribution in [0.1, 0.15) is 9.75 Å². The maximum absolute atomic E-state index is 5.81. The smallest absolute Gasteiger partial charge is 0.180 e. The molecular weight excluding hydrogens is 224 g/mol. The fraction of sp³-hybridized carbons (Fsp3) is 0.125. The van der Waals surface area contributed by atoms with Crippen molar-refractivity contribution in [2.75, 3.05) is 5.73 Å². The molecule has 0 fully saturated rings. The Morgan fingerprint density at radius 2 is 2.15 bits per heavy atom. The van der Waals surface area contributed by atoms with Gasteiger partial charge >= 0.3 is 0 Å². The molecule has 0 saturated heterocycles. The quantitative estimate of drug-likeness (QED) is 0.862. The van der Waals surface area contributed by atoms with Crippen LogP contribution >= 0.6 is 34.3 Å². The van der Waals surface area contributed by atoms with E-state index in [9.17, 15) is 0 Å². The fourth-order valence-electron chi connectivity index (χ4n) is 1.02. The van der Waals surface area contributed by atoms with Gasteiger partial charge in [-0.25, -0.2) is 4.98 Å². The minimum Gasteiger partial charge on any atom is -0.375 e. The lowest BCUT2D eigenvalue weighted by molar-refractivity contribution is 1.27. The first kappa shape index (κ1) is 8.99. The summed E-state index contributed by atoms with van der Waals surface area (Å²) in [7, 11) is 0. The molecule has 5 heteroatoms. The number of nitrogen functional groups attached to an aromatic ring is 1. The number of rotatable bonds is 2. The van der Waals surface area contributed by atoms with Gasteiger partial charge < -0.3 is 5.73 Å². The molecule has 0 amide bonds. The lowest BCUT2D eigenvalue weighted by Crippen LogP contribution is -1.77. The van der Waals surface area contributed by atoms with Crippen LogP contribution in [-0.4, -0.2) is 4.98 Å². The van der Waals surface area contributed by atoms with Gasteiger partial charge in [0.25, 0.3) is 0 Å². The first-order valence-electron chi connectivity index (χ1n) is 3.68. The molecule has 13 heavy (non-hydrogen) atoms. The number of thiazole rings is 1. The molecule has 0 saturated carbocycles. The molecular formula is C8H7ClN2S2. The zero-order valence-corrected chi connectivity index (χ0v) is 9.05. The normalized spacial score (nSPS) is 10.5. The molecule has 2 rings (SSSR count). The van der Waals surface area contributed by atoms with Crippen molar-refractivity contribution in [1.29, 1.82) is 0 Å². The van der Waals surface area contributed by atoms with Gasteiger partial charge in [0.1, 0.15) is 0 Å². The molecule has 2 N–H and O–H groups in total. The maximum atomic E-state index is 5.81. The van der Waals surface area contributed by atoms with Crippen molar-refractivity contribution in [3.8, 4) is 0 Å². The number of aromatic nitrogens is 1. The van der Waals surface area contributed by atoms with Crippen LogP contribution in [0.2, 0.25) is 4.34 Å². The van der Waals surface area contributed by atoms with E-state index in [0.717, 1.165) is 10.8 Å². The predicted molar refractivity (Wildman–Crippen MR) is 58.7 cm³/mol. The van der Waals surface area contributed by atoms with Crippen molar-refractivity contribution < 1.29 is 0 Å². The SMILES string of the molecule is Nc1ncc(Cc2ccc(Cl)s2)s1. The standard InChI is InChI=1S/C8H7ClN2S2/c9-7-2-1-5(12-7)3-6-4-11-8(10)13-6/h1-2,4H,3H2,(H2,10,11). The molecule has 2 nitrogen and oxygen atoms in total. The summed E-state index contributed by atoms with van der Waals surface area (Å²) in [6.45, 7) is 0. The topological polar surface area (TPSA) is 38.9 Å². The summed E-state index contributed by atoms with van der Waals surface area (Å²) in [5, 5.41) is 0.623. The van der Waals surface area contributed by atoms with Crippen LogP contribution in [0.25, 0.3) is 0 Å². The summed E-state index contributed by atoms with van der Waals surface area (Å²) in [5.74, 6) is 0. The molecule has 0 aliphatic carbocycles. The van der Waals surface area contributed by atoms with Crippen LogP contribution in [-0.2, 0) is 6.42 Å². The Kier molecular flexibility index (Phi) is 2.53. The Hall–Kier alpha value is -0.580. The van der Waals surface area contributed by atoms with E-state index in [-0.39, 0.29) is 0 Å². The average molecular weight is 231 g/mol. The van der Waals surface area contributed by atoms with Crippen LogP contribution in [0, 0.1) is 0 Å². The number of hydrogen-bond donors (Lipinski definition) is 1. The highest BCUT2D eigenvalue weighted by molar-refractivity contribution is 7.17. The van der Waals surface area contributed by atoms with Crippen LogP contribution in [0.4, 0.5) is 5.13 Å². The molecule has 2 heterocycles. The van der Waals surface area contributed by atoms with Gasteiger partial charge in [-0.1, -0.05) is 11.6 Å². The monoisotopic (exact) mass is 230 g/mol. The van der Waals surface area contributed by atoms with Gasteiger partial charge in [0, 0.05) is 22.4 Å². The second kappa shape index (κ2) is 3.65. The minimum atomic E-state index is 0.623. The number of nitrogens with zero attached hydrogens (tertiary/aromatic N) is 1. The highest BCUT2D eigenvalue weighted by Crippen LogP contribution is 2.26. The Labute approximate surface area is 89.0 Å². The number of hydrogen-bond acceptors (Lipinski definition) is 4. The molecule has 0 aromatic carbocycles. The Morgan fingerprint density at radius 1 is 1.31 bits per heavy atom. The maximum Gasteiger partial charge on any atom is 0.180 e. The van der Waals surface area contributed by atoms with Crippen LogP contribution in [0.15, 0.2) is 18.3 Å². The average Bonchev–Trinajstić information content (AvgIpc) is 2.62. The highest BCUT2D eigenvalue weighted by Gasteiger charge is 2.02. The summed E-state index contributed by atoms with van der Waals surface area (Å²) in [6, 6.07) is 3.94. The zero-order chi connectivity index (χ0) is 9.26. The van der Waals surface area contributed by atoms with Crippen molar-refractivity contribution in [2.24, 2.45) is 0 Å². The molecule has 2 aromatic rings. The third-order valence-corrected chi connectivity index (χ3v) is 3.61. The number of thiophene rings is 1. The summed E-state index contributed by atoms with van der Waals surface area (Å²) in [5.41, 5.74) is 5.52. The van der Waals surface area contributed by atoms with Crippen LogP contribution in [0.5, 0.6) is 0 Å². The van der Waals surface area contributed by atoms with Crippen molar-refractivity contribution >= 4 is 39.4 Å².